The summed E-state index contributed by atoms with van der Waals surface area (Å²) in [5, 5.41) is 0.534. The molecule has 0 saturated carbocycles. The quantitative estimate of drug-likeness (QED) is 0.786. The van der Waals surface area contributed by atoms with Gasteiger partial charge in [-0.15, -0.1) is 0 Å². The Morgan fingerprint density at radius 2 is 1.94 bits per heavy atom. The molecule has 0 bridgehead atoms. The van der Waals surface area contributed by atoms with Crippen LogP contribution in [0.1, 0.15) is 11.1 Å². The lowest BCUT2D eigenvalue weighted by Gasteiger charge is -2.17. The van der Waals surface area contributed by atoms with Gasteiger partial charge in [-0.05, 0) is 30.3 Å². The molecule has 2 aromatic rings. The molecule has 0 unspecified atom stereocenters. The Balaban J connectivity index is 1.99. The van der Waals surface area contributed by atoms with Crippen LogP contribution >= 0.6 is 27.5 Å². The van der Waals surface area contributed by atoms with Gasteiger partial charge in [0.2, 0.25) is 0 Å². The second-order valence-electron chi connectivity index (χ2n) is 4.25. The zero-order valence-electron chi connectivity index (χ0n) is 10.1. The molecule has 1 aromatic carbocycles. The van der Waals surface area contributed by atoms with Gasteiger partial charge in [-0.1, -0.05) is 51.8 Å². The van der Waals surface area contributed by atoms with Crippen molar-refractivity contribution in [3.05, 3.63) is 63.3 Å². The number of halogens is 2. The van der Waals surface area contributed by atoms with Crippen LogP contribution in [-0.2, 0) is 13.1 Å². The fraction of sp³-hybridized carbons (Fsp3) is 0.214. The van der Waals surface area contributed by atoms with Crippen molar-refractivity contribution in [1.29, 1.82) is 0 Å². The van der Waals surface area contributed by atoms with E-state index in [1.807, 2.05) is 24.4 Å². The summed E-state index contributed by atoms with van der Waals surface area (Å²) in [7, 11) is 2.09. The third-order valence-corrected chi connectivity index (χ3v) is 3.64. The van der Waals surface area contributed by atoms with Crippen molar-refractivity contribution < 1.29 is 0 Å². The van der Waals surface area contributed by atoms with Gasteiger partial charge in [0.15, 0.2) is 0 Å². The lowest BCUT2D eigenvalue weighted by atomic mass is 10.2. The van der Waals surface area contributed by atoms with E-state index in [4.69, 9.17) is 11.6 Å². The maximum atomic E-state index is 5.77. The number of hydrogen-bond donors (Lipinski definition) is 0. The first-order valence-electron chi connectivity index (χ1n) is 5.67. The van der Waals surface area contributed by atoms with Crippen molar-refractivity contribution >= 4 is 27.5 Å². The monoisotopic (exact) mass is 324 g/mol. The van der Waals surface area contributed by atoms with E-state index in [9.17, 15) is 0 Å². The fourth-order valence-electron chi connectivity index (χ4n) is 1.78. The molecule has 0 saturated heterocycles. The molecule has 0 N–H and O–H groups in total. The summed E-state index contributed by atoms with van der Waals surface area (Å²) in [4.78, 5) is 6.33. The molecule has 4 heteroatoms. The maximum absolute atomic E-state index is 5.77. The lowest BCUT2D eigenvalue weighted by Crippen LogP contribution is -2.17. The highest BCUT2D eigenvalue weighted by Gasteiger charge is 2.04. The van der Waals surface area contributed by atoms with Crippen molar-refractivity contribution in [1.82, 2.24) is 9.88 Å². The van der Waals surface area contributed by atoms with Gasteiger partial charge < -0.3 is 0 Å². The summed E-state index contributed by atoms with van der Waals surface area (Å²) in [6.45, 7) is 1.75. The molecule has 18 heavy (non-hydrogen) atoms. The molecule has 0 aliphatic heterocycles. The molecular weight excluding hydrogens is 312 g/mol. The molecule has 1 aromatic heterocycles. The highest BCUT2D eigenvalue weighted by atomic mass is 79.9. The van der Waals surface area contributed by atoms with Crippen molar-refractivity contribution in [2.45, 2.75) is 13.1 Å². The van der Waals surface area contributed by atoms with Crippen LogP contribution in [0.25, 0.3) is 0 Å². The number of hydrogen-bond acceptors (Lipinski definition) is 2. The van der Waals surface area contributed by atoms with Gasteiger partial charge in [-0.25, -0.2) is 4.98 Å². The first-order chi connectivity index (χ1) is 8.65. The standard InChI is InChI=1S/C14H14BrClN2/c1-18(9-11-6-7-14(16)17-8-11)10-12-4-2-3-5-13(12)15/h2-8H,9-10H2,1H3. The number of nitrogens with zero attached hydrogens (tertiary/aromatic N) is 2. The van der Waals surface area contributed by atoms with E-state index in [1.54, 1.807) is 0 Å². The predicted octanol–water partition coefficient (Wildman–Crippen LogP) is 4.13. The second-order valence-corrected chi connectivity index (χ2v) is 5.49. The summed E-state index contributed by atoms with van der Waals surface area (Å²) in [5.41, 5.74) is 2.44. The summed E-state index contributed by atoms with van der Waals surface area (Å²) in [6, 6.07) is 12.1. The van der Waals surface area contributed by atoms with Crippen LogP contribution in [0.4, 0.5) is 0 Å². The minimum atomic E-state index is 0.534. The Kier molecular flexibility index (Phi) is 4.75. The summed E-state index contributed by atoms with van der Waals surface area (Å²) in [5.74, 6) is 0. The third-order valence-electron chi connectivity index (χ3n) is 2.64. The Morgan fingerprint density at radius 1 is 1.17 bits per heavy atom. The molecule has 0 spiro atoms. The number of pyridine rings is 1. The third kappa shape index (κ3) is 3.80. The van der Waals surface area contributed by atoms with Crippen LogP contribution in [0, 0.1) is 0 Å². The van der Waals surface area contributed by atoms with E-state index >= 15 is 0 Å². The zero-order valence-corrected chi connectivity index (χ0v) is 12.4. The van der Waals surface area contributed by atoms with E-state index in [1.165, 1.54) is 5.56 Å². The highest BCUT2D eigenvalue weighted by molar-refractivity contribution is 9.10. The highest BCUT2D eigenvalue weighted by Crippen LogP contribution is 2.18. The van der Waals surface area contributed by atoms with Crippen LogP contribution in [0.5, 0.6) is 0 Å². The van der Waals surface area contributed by atoms with Crippen molar-refractivity contribution in [2.24, 2.45) is 0 Å². The zero-order chi connectivity index (χ0) is 13.0. The molecule has 94 valence electrons. The van der Waals surface area contributed by atoms with E-state index in [0.717, 1.165) is 23.1 Å². The summed E-state index contributed by atoms with van der Waals surface area (Å²) >= 11 is 9.33. The molecular formula is C14H14BrClN2. The van der Waals surface area contributed by atoms with Crippen LogP contribution in [-0.4, -0.2) is 16.9 Å². The Hall–Kier alpha value is -0.900. The summed E-state index contributed by atoms with van der Waals surface area (Å²) in [6.07, 6.45) is 1.82. The van der Waals surface area contributed by atoms with Crippen LogP contribution in [0.15, 0.2) is 47.1 Å². The van der Waals surface area contributed by atoms with Gasteiger partial charge in [-0.2, -0.15) is 0 Å². The fourth-order valence-corrected chi connectivity index (χ4v) is 2.31. The Morgan fingerprint density at radius 3 is 2.61 bits per heavy atom. The molecule has 2 nitrogen and oxygen atoms in total. The van der Waals surface area contributed by atoms with Gasteiger partial charge in [0, 0.05) is 23.8 Å². The molecule has 0 atom stereocenters. The van der Waals surface area contributed by atoms with Gasteiger partial charge in [0.05, 0.1) is 0 Å². The van der Waals surface area contributed by atoms with E-state index < -0.39 is 0 Å². The number of benzene rings is 1. The molecule has 0 fully saturated rings. The molecule has 0 aliphatic rings. The molecule has 2 rings (SSSR count). The number of rotatable bonds is 4. The van der Waals surface area contributed by atoms with E-state index in [0.29, 0.717) is 5.15 Å². The van der Waals surface area contributed by atoms with Gasteiger partial charge >= 0.3 is 0 Å². The average molecular weight is 326 g/mol. The van der Waals surface area contributed by atoms with Crippen molar-refractivity contribution in [3.8, 4) is 0 Å². The maximum Gasteiger partial charge on any atom is 0.129 e. The minimum absolute atomic E-state index is 0.534. The molecule has 1 heterocycles. The Bertz CT molecular complexity index is 513. The van der Waals surface area contributed by atoms with E-state index in [-0.39, 0.29) is 0 Å². The first-order valence-corrected chi connectivity index (χ1v) is 6.84. The van der Waals surface area contributed by atoms with Crippen molar-refractivity contribution in [3.63, 3.8) is 0 Å². The minimum Gasteiger partial charge on any atom is -0.298 e. The van der Waals surface area contributed by atoms with Crippen molar-refractivity contribution in [2.75, 3.05) is 7.05 Å². The van der Waals surface area contributed by atoms with Gasteiger partial charge in [0.1, 0.15) is 5.15 Å². The molecule has 0 amide bonds. The first kappa shape index (κ1) is 13.5. The Labute approximate surface area is 121 Å². The number of aromatic nitrogens is 1. The largest absolute Gasteiger partial charge is 0.298 e. The molecule has 0 radical (unpaired) electrons. The summed E-state index contributed by atoms with van der Waals surface area (Å²) < 4.78 is 1.14. The van der Waals surface area contributed by atoms with Gasteiger partial charge in [0.25, 0.3) is 0 Å². The smallest absolute Gasteiger partial charge is 0.129 e. The van der Waals surface area contributed by atoms with Crippen LogP contribution in [0.3, 0.4) is 0 Å². The van der Waals surface area contributed by atoms with Crippen LogP contribution in [0.2, 0.25) is 5.15 Å². The topological polar surface area (TPSA) is 16.1 Å². The SMILES string of the molecule is CN(Cc1ccc(Cl)nc1)Cc1ccccc1Br. The predicted molar refractivity (Wildman–Crippen MR) is 78.6 cm³/mol. The van der Waals surface area contributed by atoms with Gasteiger partial charge in [-0.3, -0.25) is 4.90 Å². The average Bonchev–Trinajstić information content (AvgIpc) is 2.35. The lowest BCUT2D eigenvalue weighted by molar-refractivity contribution is 0.318. The van der Waals surface area contributed by atoms with E-state index in [2.05, 4.69) is 51.1 Å². The second kappa shape index (κ2) is 6.32. The molecule has 0 aliphatic carbocycles. The normalized spacial score (nSPS) is 10.9. The van der Waals surface area contributed by atoms with Crippen LogP contribution < -0.4 is 0 Å².